The van der Waals surface area contributed by atoms with Crippen LogP contribution in [0.25, 0.3) is 0 Å². The first-order valence-electron chi connectivity index (χ1n) is 7.20. The molecule has 1 amide bonds. The first-order chi connectivity index (χ1) is 9.16. The number of piperidine rings is 1. The van der Waals surface area contributed by atoms with E-state index in [4.69, 9.17) is 0 Å². The zero-order chi connectivity index (χ0) is 13.7. The molecular weight excluding hydrogens is 236 g/mol. The second-order valence-corrected chi connectivity index (χ2v) is 5.59. The number of benzene rings is 1. The average molecular weight is 260 g/mol. The summed E-state index contributed by atoms with van der Waals surface area (Å²) in [5.41, 5.74) is 2.54. The Morgan fingerprint density at radius 3 is 2.68 bits per heavy atom. The van der Waals surface area contributed by atoms with Crippen molar-refractivity contribution < 1.29 is 4.79 Å². The molecule has 0 spiro atoms. The predicted molar refractivity (Wildman–Crippen MR) is 77.9 cm³/mol. The fraction of sp³-hybridized carbons (Fsp3) is 0.562. The quantitative estimate of drug-likeness (QED) is 0.901. The molecule has 19 heavy (non-hydrogen) atoms. The Labute approximate surface area is 116 Å². The first kappa shape index (κ1) is 14.1. The Bertz CT molecular complexity index is 423. The van der Waals surface area contributed by atoms with Gasteiger partial charge in [0.25, 0.3) is 0 Å². The predicted octanol–water partition coefficient (Wildman–Crippen LogP) is 2.34. The molecule has 0 bridgehead atoms. The lowest BCUT2D eigenvalue weighted by atomic mass is 9.99. The van der Waals surface area contributed by atoms with Gasteiger partial charge in [-0.15, -0.1) is 0 Å². The van der Waals surface area contributed by atoms with Crippen LogP contribution in [0.15, 0.2) is 24.3 Å². The fourth-order valence-electron chi connectivity index (χ4n) is 2.48. The Morgan fingerprint density at radius 2 is 2.00 bits per heavy atom. The van der Waals surface area contributed by atoms with E-state index in [0.29, 0.717) is 6.54 Å². The minimum Gasteiger partial charge on any atom is -0.342 e. The number of carbonyl (C=O) groups excluding carboxylic acids is 1. The van der Waals surface area contributed by atoms with E-state index in [0.717, 1.165) is 38.4 Å². The lowest BCUT2D eigenvalue weighted by molar-refractivity contribution is -0.131. The molecule has 104 valence electrons. The number of aryl methyl sites for hydroxylation is 1. The van der Waals surface area contributed by atoms with E-state index in [1.54, 1.807) is 0 Å². The Kier molecular flexibility index (Phi) is 4.97. The normalized spacial score (nSPS) is 16.6. The number of hydrogen-bond acceptors (Lipinski definition) is 2. The molecule has 1 aliphatic heterocycles. The summed E-state index contributed by atoms with van der Waals surface area (Å²) in [7, 11) is 0. The molecule has 1 heterocycles. The number of nitrogens with one attached hydrogen (secondary N) is 1. The molecule has 0 aromatic heterocycles. The molecule has 3 nitrogen and oxygen atoms in total. The van der Waals surface area contributed by atoms with Crippen LogP contribution in [0.5, 0.6) is 0 Å². The van der Waals surface area contributed by atoms with Crippen molar-refractivity contribution in [3.8, 4) is 0 Å². The maximum atomic E-state index is 12.0. The van der Waals surface area contributed by atoms with Gasteiger partial charge in [0, 0.05) is 19.6 Å². The van der Waals surface area contributed by atoms with Crippen LogP contribution in [0.4, 0.5) is 0 Å². The molecular formula is C16H24N2O. The molecule has 1 aliphatic rings. The third-order valence-corrected chi connectivity index (χ3v) is 3.99. The van der Waals surface area contributed by atoms with Crippen molar-refractivity contribution in [1.29, 1.82) is 0 Å². The van der Waals surface area contributed by atoms with Crippen LogP contribution in [0.1, 0.15) is 30.9 Å². The van der Waals surface area contributed by atoms with Gasteiger partial charge < -0.3 is 10.2 Å². The number of likely N-dealkylation sites (tertiary alicyclic amines) is 1. The van der Waals surface area contributed by atoms with Crippen LogP contribution in [-0.4, -0.2) is 30.4 Å². The summed E-state index contributed by atoms with van der Waals surface area (Å²) in [4.78, 5) is 14.0. The van der Waals surface area contributed by atoms with Crippen molar-refractivity contribution in [1.82, 2.24) is 10.2 Å². The van der Waals surface area contributed by atoms with Gasteiger partial charge in [0.15, 0.2) is 0 Å². The first-order valence-corrected chi connectivity index (χ1v) is 7.20. The van der Waals surface area contributed by atoms with Gasteiger partial charge in [0.2, 0.25) is 5.91 Å². The van der Waals surface area contributed by atoms with Crippen molar-refractivity contribution >= 4 is 5.91 Å². The summed E-state index contributed by atoms with van der Waals surface area (Å²) < 4.78 is 0. The molecule has 3 heteroatoms. The fourth-order valence-corrected chi connectivity index (χ4v) is 2.48. The van der Waals surface area contributed by atoms with E-state index < -0.39 is 0 Å². The average Bonchev–Trinajstić information content (AvgIpc) is 2.41. The number of amides is 1. The van der Waals surface area contributed by atoms with E-state index in [-0.39, 0.29) is 5.91 Å². The highest BCUT2D eigenvalue weighted by Crippen LogP contribution is 2.15. The molecule has 0 atom stereocenters. The van der Waals surface area contributed by atoms with Crippen LogP contribution >= 0.6 is 0 Å². The molecule has 0 aliphatic carbocycles. The lowest BCUT2D eigenvalue weighted by Crippen LogP contribution is -2.42. The zero-order valence-electron chi connectivity index (χ0n) is 12.0. The molecule has 0 saturated carbocycles. The van der Waals surface area contributed by atoms with Crippen molar-refractivity contribution in [2.24, 2.45) is 5.92 Å². The molecule has 1 N–H and O–H groups in total. The Hall–Kier alpha value is -1.35. The lowest BCUT2D eigenvalue weighted by Gasteiger charge is -2.30. The van der Waals surface area contributed by atoms with Crippen molar-refractivity contribution in [3.05, 3.63) is 35.4 Å². The molecule has 1 aromatic rings. The van der Waals surface area contributed by atoms with Crippen molar-refractivity contribution in [2.45, 2.75) is 33.2 Å². The third kappa shape index (κ3) is 4.06. The number of hydrogen-bond donors (Lipinski definition) is 1. The Morgan fingerprint density at radius 1 is 1.32 bits per heavy atom. The molecule has 1 fully saturated rings. The van der Waals surface area contributed by atoms with Crippen molar-refractivity contribution in [3.63, 3.8) is 0 Å². The topological polar surface area (TPSA) is 32.3 Å². The van der Waals surface area contributed by atoms with E-state index in [2.05, 4.69) is 31.3 Å². The van der Waals surface area contributed by atoms with Crippen LogP contribution in [0.2, 0.25) is 0 Å². The van der Waals surface area contributed by atoms with Crippen molar-refractivity contribution in [2.75, 3.05) is 19.6 Å². The Balaban J connectivity index is 1.74. The van der Waals surface area contributed by atoms with Gasteiger partial charge in [-0.05, 0) is 36.8 Å². The van der Waals surface area contributed by atoms with E-state index >= 15 is 0 Å². The summed E-state index contributed by atoms with van der Waals surface area (Å²) >= 11 is 0. The minimum absolute atomic E-state index is 0.237. The van der Waals surface area contributed by atoms with E-state index in [9.17, 15) is 4.79 Å². The molecule has 2 rings (SSSR count). The van der Waals surface area contributed by atoms with Gasteiger partial charge in [0.1, 0.15) is 0 Å². The summed E-state index contributed by atoms with van der Waals surface area (Å²) in [6, 6.07) is 8.29. The SMILES string of the molecule is Cc1ccccc1CNCC(=O)N1CCC(C)CC1. The summed E-state index contributed by atoms with van der Waals surface area (Å²) in [5.74, 6) is 1.00. The summed E-state index contributed by atoms with van der Waals surface area (Å²) in [6.45, 7) is 7.42. The molecule has 1 aromatic carbocycles. The number of nitrogens with zero attached hydrogens (tertiary/aromatic N) is 1. The highest BCUT2D eigenvalue weighted by atomic mass is 16.2. The maximum absolute atomic E-state index is 12.0. The van der Waals surface area contributed by atoms with Gasteiger partial charge in [-0.3, -0.25) is 4.79 Å². The van der Waals surface area contributed by atoms with Crippen LogP contribution < -0.4 is 5.32 Å². The molecule has 0 radical (unpaired) electrons. The summed E-state index contributed by atoms with van der Waals surface area (Å²) in [6.07, 6.45) is 2.28. The number of carbonyl (C=O) groups is 1. The van der Waals surface area contributed by atoms with Crippen LogP contribution in [0, 0.1) is 12.8 Å². The monoisotopic (exact) mass is 260 g/mol. The van der Waals surface area contributed by atoms with Gasteiger partial charge in [-0.25, -0.2) is 0 Å². The maximum Gasteiger partial charge on any atom is 0.236 e. The number of rotatable bonds is 4. The highest BCUT2D eigenvalue weighted by molar-refractivity contribution is 5.78. The largest absolute Gasteiger partial charge is 0.342 e. The minimum atomic E-state index is 0.237. The summed E-state index contributed by atoms with van der Waals surface area (Å²) in [5, 5.41) is 3.26. The van der Waals surface area contributed by atoms with Crippen LogP contribution in [0.3, 0.4) is 0 Å². The second kappa shape index (κ2) is 6.71. The van der Waals surface area contributed by atoms with Gasteiger partial charge in [-0.1, -0.05) is 31.2 Å². The third-order valence-electron chi connectivity index (χ3n) is 3.99. The van der Waals surface area contributed by atoms with Gasteiger partial charge in [-0.2, -0.15) is 0 Å². The molecule has 0 unspecified atom stereocenters. The molecule has 1 saturated heterocycles. The van der Waals surface area contributed by atoms with E-state index in [1.165, 1.54) is 11.1 Å². The van der Waals surface area contributed by atoms with E-state index in [1.807, 2.05) is 17.0 Å². The smallest absolute Gasteiger partial charge is 0.236 e. The van der Waals surface area contributed by atoms with Crippen LogP contribution in [-0.2, 0) is 11.3 Å². The standard InChI is InChI=1S/C16H24N2O/c1-13-7-9-18(10-8-13)16(19)12-17-11-15-6-4-3-5-14(15)2/h3-6,13,17H,7-12H2,1-2H3. The second-order valence-electron chi connectivity index (χ2n) is 5.59. The van der Waals surface area contributed by atoms with Gasteiger partial charge in [0.05, 0.1) is 6.54 Å². The zero-order valence-corrected chi connectivity index (χ0v) is 12.0. The van der Waals surface area contributed by atoms with Gasteiger partial charge >= 0.3 is 0 Å². The highest BCUT2D eigenvalue weighted by Gasteiger charge is 2.19.